The minimum atomic E-state index is -0.172. The van der Waals surface area contributed by atoms with Crippen LogP contribution in [0.15, 0.2) is 36.7 Å². The fourth-order valence-electron chi connectivity index (χ4n) is 2.31. The van der Waals surface area contributed by atoms with Gasteiger partial charge in [0.05, 0.1) is 5.02 Å². The van der Waals surface area contributed by atoms with E-state index in [4.69, 9.17) is 11.6 Å². The molecule has 1 heterocycles. The van der Waals surface area contributed by atoms with E-state index in [1.165, 1.54) is 0 Å². The largest absolute Gasteiger partial charge is 0.310 e. The molecule has 1 unspecified atom stereocenters. The Balaban J connectivity index is 2.27. The van der Waals surface area contributed by atoms with E-state index in [2.05, 4.69) is 17.2 Å². The van der Waals surface area contributed by atoms with Crippen LogP contribution < -0.4 is 5.32 Å². The van der Waals surface area contributed by atoms with Crippen LogP contribution >= 0.6 is 11.6 Å². The third kappa shape index (κ3) is 4.26. The van der Waals surface area contributed by atoms with E-state index >= 15 is 0 Å². The molecule has 0 bridgehead atoms. The summed E-state index contributed by atoms with van der Waals surface area (Å²) in [5.74, 6) is -0.172. The number of aryl methyl sites for hydroxylation is 1. The van der Waals surface area contributed by atoms with E-state index in [0.29, 0.717) is 17.0 Å². The lowest BCUT2D eigenvalue weighted by molar-refractivity contribution is 0.496. The van der Waals surface area contributed by atoms with Crippen LogP contribution in [0.5, 0.6) is 0 Å². The summed E-state index contributed by atoms with van der Waals surface area (Å²) in [4.78, 5) is 3.99. The lowest BCUT2D eigenvalue weighted by atomic mass is 9.97. The fraction of sp³-hybridized carbons (Fsp3) is 0.353. The number of hydrogen-bond donors (Lipinski definition) is 1. The summed E-state index contributed by atoms with van der Waals surface area (Å²) in [5, 5.41) is 4.02. The van der Waals surface area contributed by atoms with Gasteiger partial charge in [0.1, 0.15) is 5.82 Å². The first-order valence-electron chi connectivity index (χ1n) is 7.19. The van der Waals surface area contributed by atoms with Crippen LogP contribution in [0.4, 0.5) is 4.39 Å². The van der Waals surface area contributed by atoms with Gasteiger partial charge in [0, 0.05) is 24.0 Å². The second-order valence-corrected chi connectivity index (χ2v) is 5.61. The van der Waals surface area contributed by atoms with Crippen LogP contribution in [-0.4, -0.2) is 11.5 Å². The van der Waals surface area contributed by atoms with Crippen molar-refractivity contribution in [2.45, 2.75) is 32.7 Å². The van der Waals surface area contributed by atoms with Crippen molar-refractivity contribution in [3.63, 3.8) is 0 Å². The summed E-state index contributed by atoms with van der Waals surface area (Å²) in [5.41, 5.74) is 2.58. The summed E-state index contributed by atoms with van der Waals surface area (Å²) < 4.78 is 14.2. The number of hydrogen-bond acceptors (Lipinski definition) is 2. The Morgan fingerprint density at radius 1 is 1.33 bits per heavy atom. The Bertz CT molecular complexity index is 601. The standard InChI is InChI=1S/C17H20ClFN2/c1-3-7-21-17(10-13-6-8-20-11-15(13)18)14-5-4-12(2)9-16(14)19/h4-6,8-9,11,17,21H,3,7,10H2,1-2H3. The molecule has 0 aliphatic carbocycles. The van der Waals surface area contributed by atoms with Gasteiger partial charge in [-0.15, -0.1) is 0 Å². The van der Waals surface area contributed by atoms with Gasteiger partial charge in [-0.1, -0.05) is 30.7 Å². The van der Waals surface area contributed by atoms with Crippen molar-refractivity contribution in [2.75, 3.05) is 6.54 Å². The molecule has 112 valence electrons. The molecule has 1 atom stereocenters. The Morgan fingerprint density at radius 3 is 2.81 bits per heavy atom. The van der Waals surface area contributed by atoms with E-state index < -0.39 is 0 Å². The van der Waals surface area contributed by atoms with Crippen LogP contribution in [0.3, 0.4) is 0 Å². The highest BCUT2D eigenvalue weighted by Crippen LogP contribution is 2.25. The fourth-order valence-corrected chi connectivity index (χ4v) is 2.51. The molecule has 0 radical (unpaired) electrons. The molecule has 2 rings (SSSR count). The van der Waals surface area contributed by atoms with Crippen molar-refractivity contribution in [1.29, 1.82) is 0 Å². The number of pyridine rings is 1. The zero-order valence-corrected chi connectivity index (χ0v) is 13.1. The first-order valence-corrected chi connectivity index (χ1v) is 7.57. The normalized spacial score (nSPS) is 12.4. The van der Waals surface area contributed by atoms with Gasteiger partial charge in [0.2, 0.25) is 0 Å². The van der Waals surface area contributed by atoms with Gasteiger partial charge in [-0.3, -0.25) is 4.98 Å². The molecule has 2 aromatic rings. The SMILES string of the molecule is CCCNC(Cc1ccncc1Cl)c1ccc(C)cc1F. The minimum absolute atomic E-state index is 0.0922. The van der Waals surface area contributed by atoms with Crippen molar-refractivity contribution in [3.05, 3.63) is 64.2 Å². The molecule has 1 aromatic heterocycles. The molecule has 0 spiro atoms. The maximum absolute atomic E-state index is 14.2. The van der Waals surface area contributed by atoms with Crippen LogP contribution in [-0.2, 0) is 6.42 Å². The number of nitrogens with zero attached hydrogens (tertiary/aromatic N) is 1. The van der Waals surface area contributed by atoms with Crippen LogP contribution in [0.2, 0.25) is 5.02 Å². The zero-order chi connectivity index (χ0) is 15.2. The van der Waals surface area contributed by atoms with Gasteiger partial charge in [-0.2, -0.15) is 0 Å². The quantitative estimate of drug-likeness (QED) is 0.852. The highest BCUT2D eigenvalue weighted by molar-refractivity contribution is 6.31. The second-order valence-electron chi connectivity index (χ2n) is 5.20. The van der Waals surface area contributed by atoms with Crippen molar-refractivity contribution >= 4 is 11.6 Å². The molecule has 4 heteroatoms. The zero-order valence-electron chi connectivity index (χ0n) is 12.4. The molecule has 0 amide bonds. The van der Waals surface area contributed by atoms with Crippen LogP contribution in [0.1, 0.15) is 36.1 Å². The molecular formula is C17H20ClFN2. The summed E-state index contributed by atoms with van der Waals surface area (Å²) >= 11 is 6.17. The molecule has 1 aromatic carbocycles. The monoisotopic (exact) mass is 306 g/mol. The summed E-state index contributed by atoms with van der Waals surface area (Å²) in [6, 6.07) is 7.16. The van der Waals surface area contributed by atoms with Crippen molar-refractivity contribution in [2.24, 2.45) is 0 Å². The first-order chi connectivity index (χ1) is 10.1. The van der Waals surface area contributed by atoms with Crippen molar-refractivity contribution in [1.82, 2.24) is 10.3 Å². The van der Waals surface area contributed by atoms with Gasteiger partial charge < -0.3 is 5.32 Å². The second kappa shape index (κ2) is 7.53. The first kappa shape index (κ1) is 15.9. The minimum Gasteiger partial charge on any atom is -0.310 e. The molecule has 0 saturated heterocycles. The predicted molar refractivity (Wildman–Crippen MR) is 85.1 cm³/mol. The number of benzene rings is 1. The third-order valence-electron chi connectivity index (χ3n) is 3.45. The molecule has 0 fully saturated rings. The number of aromatic nitrogens is 1. The molecule has 0 aliphatic heterocycles. The van der Waals surface area contributed by atoms with E-state index in [1.807, 2.05) is 25.1 Å². The summed E-state index contributed by atoms with van der Waals surface area (Å²) in [7, 11) is 0. The Kier molecular flexibility index (Phi) is 5.71. The van der Waals surface area contributed by atoms with Gasteiger partial charge in [0.15, 0.2) is 0 Å². The Labute approximate surface area is 130 Å². The van der Waals surface area contributed by atoms with Crippen molar-refractivity contribution in [3.8, 4) is 0 Å². The topological polar surface area (TPSA) is 24.9 Å². The maximum atomic E-state index is 14.2. The highest BCUT2D eigenvalue weighted by atomic mass is 35.5. The van der Waals surface area contributed by atoms with Gasteiger partial charge in [-0.25, -0.2) is 4.39 Å². The highest BCUT2D eigenvalue weighted by Gasteiger charge is 2.17. The van der Waals surface area contributed by atoms with E-state index in [9.17, 15) is 4.39 Å². The summed E-state index contributed by atoms with van der Waals surface area (Å²) in [6.45, 7) is 4.82. The number of nitrogens with one attached hydrogen (secondary N) is 1. The van der Waals surface area contributed by atoms with E-state index in [0.717, 1.165) is 24.1 Å². The van der Waals surface area contributed by atoms with Crippen molar-refractivity contribution < 1.29 is 4.39 Å². The van der Waals surface area contributed by atoms with Gasteiger partial charge >= 0.3 is 0 Å². The average Bonchev–Trinajstić information content (AvgIpc) is 2.46. The predicted octanol–water partition coefficient (Wildman–Crippen LogP) is 4.47. The molecule has 0 saturated carbocycles. The molecule has 2 nitrogen and oxygen atoms in total. The smallest absolute Gasteiger partial charge is 0.128 e. The van der Waals surface area contributed by atoms with Crippen LogP contribution in [0.25, 0.3) is 0 Å². The van der Waals surface area contributed by atoms with E-state index in [-0.39, 0.29) is 11.9 Å². The number of halogens is 2. The lowest BCUT2D eigenvalue weighted by Crippen LogP contribution is -2.25. The maximum Gasteiger partial charge on any atom is 0.128 e. The number of rotatable bonds is 6. The molecule has 0 aliphatic rings. The van der Waals surface area contributed by atoms with Gasteiger partial charge in [-0.05, 0) is 49.6 Å². The molecule has 1 N–H and O–H groups in total. The Morgan fingerprint density at radius 2 is 2.14 bits per heavy atom. The average molecular weight is 307 g/mol. The molecule has 21 heavy (non-hydrogen) atoms. The Hall–Kier alpha value is -1.45. The molecular weight excluding hydrogens is 287 g/mol. The van der Waals surface area contributed by atoms with E-state index in [1.54, 1.807) is 18.5 Å². The lowest BCUT2D eigenvalue weighted by Gasteiger charge is -2.20. The van der Waals surface area contributed by atoms with Gasteiger partial charge in [0.25, 0.3) is 0 Å². The summed E-state index contributed by atoms with van der Waals surface area (Å²) in [6.07, 6.45) is 4.97. The van der Waals surface area contributed by atoms with Crippen LogP contribution in [0, 0.1) is 12.7 Å². The third-order valence-corrected chi connectivity index (χ3v) is 3.79.